The number of carbonyl (C=O) groups is 2. The standard InChI is InChI=1S/C10H13N5O3S/c1-5-3-7(18-2)14-10(13-5)15-9(17)8(16)12-4-6(11)19/h3H,4H2,1-2H3,(H2,11,19)(H,12,16)(H,13,14,15,17). The van der Waals surface area contributed by atoms with Crippen molar-refractivity contribution in [1.82, 2.24) is 15.3 Å². The van der Waals surface area contributed by atoms with E-state index in [9.17, 15) is 9.59 Å². The summed E-state index contributed by atoms with van der Waals surface area (Å²) < 4.78 is 4.92. The largest absolute Gasteiger partial charge is 0.481 e. The molecule has 1 aromatic heterocycles. The van der Waals surface area contributed by atoms with Gasteiger partial charge in [-0.1, -0.05) is 12.2 Å². The minimum Gasteiger partial charge on any atom is -0.481 e. The molecule has 0 unspecified atom stereocenters. The lowest BCUT2D eigenvalue weighted by molar-refractivity contribution is -0.136. The van der Waals surface area contributed by atoms with Gasteiger partial charge in [0.25, 0.3) is 0 Å². The summed E-state index contributed by atoms with van der Waals surface area (Å²) in [5, 5.41) is 4.49. The third-order valence-corrected chi connectivity index (χ3v) is 2.04. The molecule has 1 aromatic rings. The summed E-state index contributed by atoms with van der Waals surface area (Å²) in [4.78, 5) is 30.8. The van der Waals surface area contributed by atoms with Crippen LogP contribution in [0.3, 0.4) is 0 Å². The zero-order chi connectivity index (χ0) is 14.4. The van der Waals surface area contributed by atoms with E-state index in [4.69, 9.17) is 10.5 Å². The maximum atomic E-state index is 11.5. The highest BCUT2D eigenvalue weighted by molar-refractivity contribution is 7.80. The Morgan fingerprint density at radius 2 is 2.11 bits per heavy atom. The van der Waals surface area contributed by atoms with Gasteiger partial charge in [-0.3, -0.25) is 14.9 Å². The molecular formula is C10H13N5O3S. The van der Waals surface area contributed by atoms with Gasteiger partial charge in [0.05, 0.1) is 18.6 Å². The van der Waals surface area contributed by atoms with E-state index in [1.807, 2.05) is 0 Å². The molecule has 1 rings (SSSR count). The maximum absolute atomic E-state index is 11.5. The normalized spacial score (nSPS) is 9.58. The third kappa shape index (κ3) is 4.84. The van der Waals surface area contributed by atoms with Crippen molar-refractivity contribution in [3.8, 4) is 5.88 Å². The number of nitrogens with two attached hydrogens (primary N) is 1. The Kier molecular flexibility index (Phi) is 5.12. The lowest BCUT2D eigenvalue weighted by Gasteiger charge is -2.06. The summed E-state index contributed by atoms with van der Waals surface area (Å²) in [7, 11) is 1.43. The second-order valence-corrected chi connectivity index (χ2v) is 4.00. The number of amides is 2. The van der Waals surface area contributed by atoms with Crippen LogP contribution in [0, 0.1) is 6.92 Å². The zero-order valence-corrected chi connectivity index (χ0v) is 11.2. The Hall–Kier alpha value is -2.29. The number of carbonyl (C=O) groups excluding carboxylic acids is 2. The number of aromatic nitrogens is 2. The lowest BCUT2D eigenvalue weighted by Crippen LogP contribution is -2.39. The Bertz CT molecular complexity index is 520. The van der Waals surface area contributed by atoms with Crippen LogP contribution in [-0.2, 0) is 9.59 Å². The Morgan fingerprint density at radius 1 is 1.42 bits per heavy atom. The van der Waals surface area contributed by atoms with Crippen molar-refractivity contribution in [2.75, 3.05) is 19.0 Å². The molecule has 1 heterocycles. The first-order chi connectivity index (χ1) is 8.92. The van der Waals surface area contributed by atoms with E-state index in [2.05, 4.69) is 32.8 Å². The molecule has 0 fully saturated rings. The van der Waals surface area contributed by atoms with Gasteiger partial charge in [0.1, 0.15) is 0 Å². The molecule has 19 heavy (non-hydrogen) atoms. The van der Waals surface area contributed by atoms with Crippen molar-refractivity contribution >= 4 is 35.0 Å². The van der Waals surface area contributed by atoms with E-state index in [-0.39, 0.29) is 23.4 Å². The number of aryl methyl sites for hydroxylation is 1. The minimum absolute atomic E-state index is 0.0210. The number of hydrogen-bond donors (Lipinski definition) is 3. The van der Waals surface area contributed by atoms with E-state index in [1.165, 1.54) is 7.11 Å². The molecule has 0 aromatic carbocycles. The number of ether oxygens (including phenoxy) is 1. The number of methoxy groups -OCH3 is 1. The first kappa shape index (κ1) is 14.8. The van der Waals surface area contributed by atoms with E-state index in [0.29, 0.717) is 5.69 Å². The van der Waals surface area contributed by atoms with Gasteiger partial charge in [-0.05, 0) is 6.92 Å². The molecule has 0 spiro atoms. The molecule has 0 saturated carbocycles. The fraction of sp³-hybridized carbons (Fsp3) is 0.300. The topological polar surface area (TPSA) is 119 Å². The van der Waals surface area contributed by atoms with Crippen LogP contribution >= 0.6 is 12.2 Å². The van der Waals surface area contributed by atoms with Crippen molar-refractivity contribution in [3.63, 3.8) is 0 Å². The summed E-state index contributed by atoms with van der Waals surface area (Å²) in [6.45, 7) is 1.65. The number of rotatable bonds is 4. The molecule has 4 N–H and O–H groups in total. The second kappa shape index (κ2) is 6.59. The van der Waals surface area contributed by atoms with Crippen molar-refractivity contribution in [2.45, 2.75) is 6.92 Å². The third-order valence-electron chi connectivity index (χ3n) is 1.89. The number of anilines is 1. The second-order valence-electron chi connectivity index (χ2n) is 3.48. The average molecular weight is 283 g/mol. The van der Waals surface area contributed by atoms with Crippen LogP contribution < -0.4 is 21.1 Å². The first-order valence-corrected chi connectivity index (χ1v) is 5.60. The van der Waals surface area contributed by atoms with E-state index >= 15 is 0 Å². The van der Waals surface area contributed by atoms with Crippen molar-refractivity contribution < 1.29 is 14.3 Å². The lowest BCUT2D eigenvalue weighted by atomic mass is 10.4. The van der Waals surface area contributed by atoms with Crippen LogP contribution in [0.15, 0.2) is 6.07 Å². The summed E-state index contributed by atoms with van der Waals surface area (Å²) in [6.07, 6.45) is 0. The fourth-order valence-corrected chi connectivity index (χ4v) is 1.18. The van der Waals surface area contributed by atoms with Gasteiger partial charge in [0.15, 0.2) is 0 Å². The summed E-state index contributed by atoms with van der Waals surface area (Å²) >= 11 is 4.57. The summed E-state index contributed by atoms with van der Waals surface area (Å²) in [6, 6.07) is 1.59. The van der Waals surface area contributed by atoms with Crippen molar-refractivity contribution in [2.24, 2.45) is 5.73 Å². The van der Waals surface area contributed by atoms with Gasteiger partial charge in [-0.15, -0.1) is 0 Å². The Balaban J connectivity index is 2.68. The quantitative estimate of drug-likeness (QED) is 0.485. The Labute approximate surface area is 114 Å². The smallest absolute Gasteiger partial charge is 0.316 e. The maximum Gasteiger partial charge on any atom is 0.316 e. The van der Waals surface area contributed by atoms with Crippen molar-refractivity contribution in [1.29, 1.82) is 0 Å². The van der Waals surface area contributed by atoms with Gasteiger partial charge >= 0.3 is 11.8 Å². The number of thiocarbonyl (C=S) groups is 1. The minimum atomic E-state index is -0.913. The van der Waals surface area contributed by atoms with Gasteiger partial charge in [0.2, 0.25) is 11.8 Å². The molecule has 8 nitrogen and oxygen atoms in total. The van der Waals surface area contributed by atoms with E-state index in [0.717, 1.165) is 0 Å². The monoisotopic (exact) mass is 283 g/mol. The van der Waals surface area contributed by atoms with Gasteiger partial charge in [0, 0.05) is 11.8 Å². The molecule has 0 aliphatic heterocycles. The van der Waals surface area contributed by atoms with Gasteiger partial charge in [-0.25, -0.2) is 4.98 Å². The predicted molar refractivity (Wildman–Crippen MR) is 71.7 cm³/mol. The first-order valence-electron chi connectivity index (χ1n) is 5.19. The molecule has 2 amide bonds. The van der Waals surface area contributed by atoms with Gasteiger partial charge < -0.3 is 15.8 Å². The van der Waals surface area contributed by atoms with Crippen LogP contribution in [0.25, 0.3) is 0 Å². The highest BCUT2D eigenvalue weighted by Crippen LogP contribution is 2.10. The fourth-order valence-electron chi connectivity index (χ4n) is 1.11. The van der Waals surface area contributed by atoms with Crippen LogP contribution in [0.5, 0.6) is 5.88 Å². The summed E-state index contributed by atoms with van der Waals surface area (Å²) in [5.41, 5.74) is 5.78. The molecule has 0 radical (unpaired) electrons. The number of hydrogen-bond acceptors (Lipinski definition) is 6. The highest BCUT2D eigenvalue weighted by Gasteiger charge is 2.15. The SMILES string of the molecule is COc1cc(C)nc(NC(=O)C(=O)NCC(N)=S)n1. The molecular weight excluding hydrogens is 270 g/mol. The zero-order valence-electron chi connectivity index (χ0n) is 10.4. The predicted octanol–water partition coefficient (Wildman–Crippen LogP) is -0.866. The molecule has 0 atom stereocenters. The molecule has 9 heteroatoms. The molecule has 0 aliphatic rings. The van der Waals surface area contributed by atoms with Crippen LogP contribution in [0.4, 0.5) is 5.95 Å². The molecule has 102 valence electrons. The Morgan fingerprint density at radius 3 is 2.68 bits per heavy atom. The highest BCUT2D eigenvalue weighted by atomic mass is 32.1. The van der Waals surface area contributed by atoms with Crippen LogP contribution in [0.2, 0.25) is 0 Å². The number of nitrogens with zero attached hydrogens (tertiary/aromatic N) is 2. The average Bonchev–Trinajstić information content (AvgIpc) is 2.34. The summed E-state index contributed by atoms with van der Waals surface area (Å²) in [5.74, 6) is -1.53. The van der Waals surface area contributed by atoms with E-state index in [1.54, 1.807) is 13.0 Å². The molecule has 0 bridgehead atoms. The van der Waals surface area contributed by atoms with Gasteiger partial charge in [-0.2, -0.15) is 4.98 Å². The van der Waals surface area contributed by atoms with Crippen LogP contribution in [0.1, 0.15) is 5.69 Å². The molecule has 0 saturated heterocycles. The van der Waals surface area contributed by atoms with E-state index < -0.39 is 11.8 Å². The molecule has 0 aliphatic carbocycles. The van der Waals surface area contributed by atoms with Crippen molar-refractivity contribution in [3.05, 3.63) is 11.8 Å². The number of nitrogens with one attached hydrogen (secondary N) is 2. The van der Waals surface area contributed by atoms with Crippen LogP contribution in [-0.4, -0.2) is 40.4 Å².